The van der Waals surface area contributed by atoms with E-state index in [1.165, 1.54) is 13.2 Å². The van der Waals surface area contributed by atoms with Gasteiger partial charge in [0.05, 0.1) is 25.3 Å². The molecule has 0 saturated heterocycles. The Morgan fingerprint density at radius 3 is 2.64 bits per heavy atom. The number of aliphatic imine (C=N–C) groups is 1. The van der Waals surface area contributed by atoms with Crippen molar-refractivity contribution in [2.45, 2.75) is 51.2 Å². The minimum absolute atomic E-state index is 0. The molecule has 0 aliphatic heterocycles. The van der Waals surface area contributed by atoms with Gasteiger partial charge in [-0.15, -0.1) is 24.0 Å². The Labute approximate surface area is 166 Å². The minimum Gasteiger partial charge on any atom is -0.494 e. The molecule has 0 spiro atoms. The van der Waals surface area contributed by atoms with Gasteiger partial charge in [0.2, 0.25) is 0 Å². The van der Waals surface area contributed by atoms with E-state index in [0.717, 1.165) is 31.2 Å². The summed E-state index contributed by atoms with van der Waals surface area (Å²) < 4.78 is 18.8. The summed E-state index contributed by atoms with van der Waals surface area (Å²) in [6, 6.07) is 4.79. The van der Waals surface area contributed by atoms with Gasteiger partial charge < -0.3 is 20.5 Å². The molecule has 1 saturated carbocycles. The number of hydrogen-bond donors (Lipinski definition) is 3. The first-order valence-electron chi connectivity index (χ1n) is 8.58. The molecule has 1 aromatic carbocycles. The first-order valence-corrected chi connectivity index (χ1v) is 8.58. The topological polar surface area (TPSA) is 65.9 Å². The lowest BCUT2D eigenvalue weighted by Crippen LogP contribution is -2.40. The zero-order valence-corrected chi connectivity index (χ0v) is 17.5. The van der Waals surface area contributed by atoms with E-state index in [-0.39, 0.29) is 41.6 Å². The molecule has 0 aromatic heterocycles. The molecule has 1 atom stereocenters. The lowest BCUT2D eigenvalue weighted by Gasteiger charge is -2.22. The molecular formula is C18H29FIN3O2. The molecule has 0 amide bonds. The van der Waals surface area contributed by atoms with Crippen LogP contribution in [0.3, 0.4) is 0 Å². The van der Waals surface area contributed by atoms with Gasteiger partial charge in [-0.25, -0.2) is 4.39 Å². The van der Waals surface area contributed by atoms with E-state index in [1.54, 1.807) is 6.07 Å². The van der Waals surface area contributed by atoms with Crippen LogP contribution >= 0.6 is 24.0 Å². The number of rotatable bonds is 6. The molecule has 1 aliphatic rings. The highest BCUT2D eigenvalue weighted by molar-refractivity contribution is 14.0. The molecule has 7 heteroatoms. The molecule has 25 heavy (non-hydrogen) atoms. The quantitative estimate of drug-likeness (QED) is 0.343. The second-order valence-corrected chi connectivity index (χ2v) is 6.39. The highest BCUT2D eigenvalue weighted by Gasteiger charge is 2.30. The summed E-state index contributed by atoms with van der Waals surface area (Å²) in [6.45, 7) is 5.03. The Balaban J connectivity index is 0.00000312. The Morgan fingerprint density at radius 1 is 1.40 bits per heavy atom. The average Bonchev–Trinajstić information content (AvgIpc) is 3.00. The van der Waals surface area contributed by atoms with Crippen molar-refractivity contribution in [1.82, 2.24) is 10.6 Å². The van der Waals surface area contributed by atoms with Crippen molar-refractivity contribution in [3.05, 3.63) is 29.6 Å². The number of aliphatic hydroxyl groups is 1. The van der Waals surface area contributed by atoms with Crippen molar-refractivity contribution in [2.75, 3.05) is 20.2 Å². The highest BCUT2D eigenvalue weighted by Crippen LogP contribution is 2.29. The van der Waals surface area contributed by atoms with Crippen LogP contribution in [0.15, 0.2) is 23.2 Å². The fraction of sp³-hybridized carbons (Fsp3) is 0.611. The van der Waals surface area contributed by atoms with Crippen LogP contribution in [0, 0.1) is 5.82 Å². The van der Waals surface area contributed by atoms with Crippen LogP contribution in [0.5, 0.6) is 5.75 Å². The zero-order valence-electron chi connectivity index (χ0n) is 15.1. The molecule has 2 rings (SSSR count). The molecule has 0 bridgehead atoms. The van der Waals surface area contributed by atoms with Gasteiger partial charge in [-0.1, -0.05) is 18.9 Å². The third-order valence-electron chi connectivity index (χ3n) is 4.44. The second-order valence-electron chi connectivity index (χ2n) is 6.39. The highest BCUT2D eigenvalue weighted by atomic mass is 127. The molecule has 1 aliphatic carbocycles. The summed E-state index contributed by atoms with van der Waals surface area (Å²) in [4.78, 5) is 4.51. The lowest BCUT2D eigenvalue weighted by atomic mass is 10.0. The molecule has 5 nitrogen and oxygen atoms in total. The van der Waals surface area contributed by atoms with Gasteiger partial charge in [0, 0.05) is 6.54 Å². The summed E-state index contributed by atoms with van der Waals surface area (Å²) >= 11 is 0. The minimum atomic E-state index is -0.683. The Kier molecular flexibility index (Phi) is 8.92. The SMILES string of the molecule is CCNC(=NCC1(O)CCCC1)NC(C)c1ccc(OC)c(F)c1.I. The number of guanidine groups is 1. The van der Waals surface area contributed by atoms with E-state index in [2.05, 4.69) is 15.6 Å². The molecule has 1 unspecified atom stereocenters. The lowest BCUT2D eigenvalue weighted by molar-refractivity contribution is 0.0574. The van der Waals surface area contributed by atoms with Gasteiger partial charge in [0.25, 0.3) is 0 Å². The fourth-order valence-electron chi connectivity index (χ4n) is 2.98. The van der Waals surface area contributed by atoms with Crippen LogP contribution in [0.4, 0.5) is 4.39 Å². The average molecular weight is 465 g/mol. The Morgan fingerprint density at radius 2 is 2.08 bits per heavy atom. The summed E-state index contributed by atoms with van der Waals surface area (Å²) in [5.74, 6) is 0.474. The number of halogens is 2. The van der Waals surface area contributed by atoms with Gasteiger partial charge in [-0.2, -0.15) is 0 Å². The summed E-state index contributed by atoms with van der Waals surface area (Å²) in [6.07, 6.45) is 3.71. The van der Waals surface area contributed by atoms with Crippen LogP contribution in [-0.4, -0.2) is 36.9 Å². The first kappa shape index (κ1) is 22.0. The number of hydrogen-bond acceptors (Lipinski definition) is 3. The second kappa shape index (κ2) is 10.2. The predicted molar refractivity (Wildman–Crippen MR) is 109 cm³/mol. The maximum atomic E-state index is 13.9. The van der Waals surface area contributed by atoms with Crippen LogP contribution < -0.4 is 15.4 Å². The standard InChI is InChI=1S/C18H28FN3O2.HI/c1-4-20-17(21-12-18(23)9-5-6-10-18)22-13(2)14-7-8-16(24-3)15(19)11-14;/h7-8,11,13,23H,4-6,9-10,12H2,1-3H3,(H2,20,21,22);1H. The van der Waals surface area contributed by atoms with Crippen molar-refractivity contribution in [1.29, 1.82) is 0 Å². The monoisotopic (exact) mass is 465 g/mol. The molecule has 0 heterocycles. The van der Waals surface area contributed by atoms with Crippen LogP contribution in [0.1, 0.15) is 51.1 Å². The van der Waals surface area contributed by atoms with Crippen LogP contribution in [-0.2, 0) is 0 Å². The number of nitrogens with one attached hydrogen (secondary N) is 2. The molecule has 1 aromatic rings. The van der Waals surface area contributed by atoms with Crippen LogP contribution in [0.2, 0.25) is 0 Å². The van der Waals surface area contributed by atoms with Crippen molar-refractivity contribution >= 4 is 29.9 Å². The summed E-state index contributed by atoms with van der Waals surface area (Å²) in [5, 5.41) is 16.9. The largest absolute Gasteiger partial charge is 0.494 e. The summed E-state index contributed by atoms with van der Waals surface area (Å²) in [7, 11) is 1.45. The Bertz CT molecular complexity index is 577. The molecular weight excluding hydrogens is 436 g/mol. The van der Waals surface area contributed by atoms with Crippen molar-refractivity contribution in [3.63, 3.8) is 0 Å². The fourth-order valence-corrected chi connectivity index (χ4v) is 2.98. The van der Waals surface area contributed by atoms with E-state index < -0.39 is 5.60 Å². The van der Waals surface area contributed by atoms with Gasteiger partial charge in [-0.05, 0) is 44.4 Å². The first-order chi connectivity index (χ1) is 11.5. The van der Waals surface area contributed by atoms with E-state index in [0.29, 0.717) is 19.0 Å². The molecule has 3 N–H and O–H groups in total. The molecule has 0 radical (unpaired) electrons. The molecule has 142 valence electrons. The van der Waals surface area contributed by atoms with Crippen LogP contribution in [0.25, 0.3) is 0 Å². The van der Waals surface area contributed by atoms with Crippen molar-refractivity contribution in [3.8, 4) is 5.75 Å². The maximum Gasteiger partial charge on any atom is 0.191 e. The van der Waals surface area contributed by atoms with Gasteiger partial charge >= 0.3 is 0 Å². The van der Waals surface area contributed by atoms with Gasteiger partial charge in [0.1, 0.15) is 0 Å². The van der Waals surface area contributed by atoms with Gasteiger partial charge in [-0.3, -0.25) is 4.99 Å². The van der Waals surface area contributed by atoms with Crippen molar-refractivity contribution < 1.29 is 14.2 Å². The normalized spacial score (nSPS) is 17.6. The van der Waals surface area contributed by atoms with Gasteiger partial charge in [0.15, 0.2) is 17.5 Å². The summed E-state index contributed by atoms with van der Waals surface area (Å²) in [5.41, 5.74) is 0.121. The maximum absolute atomic E-state index is 13.9. The van der Waals surface area contributed by atoms with Crippen molar-refractivity contribution in [2.24, 2.45) is 4.99 Å². The Hall–Kier alpha value is -1.09. The van der Waals surface area contributed by atoms with E-state index in [9.17, 15) is 9.50 Å². The number of benzene rings is 1. The number of methoxy groups -OCH3 is 1. The third kappa shape index (κ3) is 6.29. The number of ether oxygens (including phenoxy) is 1. The van der Waals surface area contributed by atoms with E-state index >= 15 is 0 Å². The predicted octanol–water partition coefficient (Wildman–Crippen LogP) is 3.37. The smallest absolute Gasteiger partial charge is 0.191 e. The molecule has 1 fully saturated rings. The third-order valence-corrected chi connectivity index (χ3v) is 4.44. The zero-order chi connectivity index (χ0) is 17.6. The van der Waals surface area contributed by atoms with E-state index in [1.807, 2.05) is 19.9 Å². The van der Waals surface area contributed by atoms with E-state index in [4.69, 9.17) is 4.74 Å². The number of nitrogens with zero attached hydrogens (tertiary/aromatic N) is 1.